The third kappa shape index (κ3) is 6.36. The summed E-state index contributed by atoms with van der Waals surface area (Å²) in [7, 11) is 3.93. The van der Waals surface area contributed by atoms with Gasteiger partial charge >= 0.3 is 6.09 Å². The molecule has 174 valence electrons. The second-order valence-corrected chi connectivity index (χ2v) is 10.3. The number of likely N-dealkylation sites (tertiary alicyclic amines) is 2. The van der Waals surface area contributed by atoms with Gasteiger partial charge in [-0.3, -0.25) is 4.90 Å². The van der Waals surface area contributed by atoms with E-state index >= 15 is 0 Å². The van der Waals surface area contributed by atoms with Gasteiger partial charge < -0.3 is 19.7 Å². The minimum atomic E-state index is -0.446. The molecule has 2 fully saturated rings. The van der Waals surface area contributed by atoms with Crippen LogP contribution in [-0.2, 0) is 4.74 Å². The first-order valence-electron chi connectivity index (χ1n) is 11.7. The SMILES string of the molecule is COc1ccc(C2C(CNC(C)C3CCCN(C(=O)OC(C)(C)C)C3)CCN2C)cc1. The van der Waals surface area contributed by atoms with Crippen molar-refractivity contribution in [2.45, 2.75) is 64.6 Å². The van der Waals surface area contributed by atoms with Gasteiger partial charge in [0.1, 0.15) is 11.4 Å². The summed E-state index contributed by atoms with van der Waals surface area (Å²) in [4.78, 5) is 16.9. The van der Waals surface area contributed by atoms with Gasteiger partial charge in [0.15, 0.2) is 0 Å². The summed E-state index contributed by atoms with van der Waals surface area (Å²) in [5.41, 5.74) is 0.910. The maximum absolute atomic E-state index is 12.5. The molecule has 1 N–H and O–H groups in total. The molecule has 4 atom stereocenters. The molecule has 4 unspecified atom stereocenters. The maximum Gasteiger partial charge on any atom is 0.410 e. The van der Waals surface area contributed by atoms with Gasteiger partial charge in [0.2, 0.25) is 0 Å². The fourth-order valence-corrected chi connectivity index (χ4v) is 4.98. The molecular weight excluding hydrogens is 390 g/mol. The number of carbonyl (C=O) groups is 1. The molecule has 31 heavy (non-hydrogen) atoms. The topological polar surface area (TPSA) is 54.0 Å². The van der Waals surface area contributed by atoms with Gasteiger partial charge in [-0.1, -0.05) is 12.1 Å². The third-order valence-electron chi connectivity index (χ3n) is 6.75. The lowest BCUT2D eigenvalue weighted by molar-refractivity contribution is 0.0147. The molecule has 1 amide bonds. The number of hydrogen-bond acceptors (Lipinski definition) is 5. The van der Waals surface area contributed by atoms with E-state index in [1.165, 1.54) is 12.0 Å². The van der Waals surface area contributed by atoms with E-state index in [0.717, 1.165) is 44.8 Å². The maximum atomic E-state index is 12.5. The van der Waals surface area contributed by atoms with Gasteiger partial charge in [-0.15, -0.1) is 0 Å². The van der Waals surface area contributed by atoms with Crippen LogP contribution in [0.25, 0.3) is 0 Å². The molecule has 2 heterocycles. The summed E-state index contributed by atoms with van der Waals surface area (Å²) in [6.45, 7) is 11.7. The van der Waals surface area contributed by atoms with Crippen LogP contribution in [-0.4, -0.2) is 67.9 Å². The molecule has 1 aromatic rings. The number of hydrogen-bond donors (Lipinski definition) is 1. The molecule has 1 aromatic carbocycles. The largest absolute Gasteiger partial charge is 0.497 e. The van der Waals surface area contributed by atoms with Crippen LogP contribution in [0, 0.1) is 11.8 Å². The zero-order chi connectivity index (χ0) is 22.6. The Bertz CT molecular complexity index is 716. The fourth-order valence-electron chi connectivity index (χ4n) is 4.98. The van der Waals surface area contributed by atoms with E-state index in [1.54, 1.807) is 7.11 Å². The van der Waals surface area contributed by atoms with E-state index in [4.69, 9.17) is 9.47 Å². The first kappa shape index (κ1) is 23.9. The Hall–Kier alpha value is -1.79. The third-order valence-corrected chi connectivity index (χ3v) is 6.75. The minimum absolute atomic E-state index is 0.179. The van der Waals surface area contributed by atoms with Gasteiger partial charge in [0.25, 0.3) is 0 Å². The summed E-state index contributed by atoms with van der Waals surface area (Å²) in [6.07, 6.45) is 3.21. The van der Waals surface area contributed by atoms with Crippen molar-refractivity contribution in [3.05, 3.63) is 29.8 Å². The molecule has 2 aliphatic heterocycles. The van der Waals surface area contributed by atoms with E-state index in [0.29, 0.717) is 23.9 Å². The Balaban J connectivity index is 1.55. The Labute approximate surface area is 188 Å². The molecule has 0 aliphatic carbocycles. The minimum Gasteiger partial charge on any atom is -0.497 e. The van der Waals surface area contributed by atoms with Crippen LogP contribution in [0.2, 0.25) is 0 Å². The molecule has 0 bridgehead atoms. The van der Waals surface area contributed by atoms with E-state index in [-0.39, 0.29) is 6.09 Å². The number of methoxy groups -OCH3 is 1. The highest BCUT2D eigenvalue weighted by Gasteiger charge is 2.34. The highest BCUT2D eigenvalue weighted by molar-refractivity contribution is 5.68. The number of piperidine rings is 1. The zero-order valence-corrected chi connectivity index (χ0v) is 20.2. The van der Waals surface area contributed by atoms with Crippen molar-refractivity contribution in [2.24, 2.45) is 11.8 Å². The number of rotatable bonds is 6. The van der Waals surface area contributed by atoms with Crippen molar-refractivity contribution in [3.8, 4) is 5.75 Å². The number of ether oxygens (including phenoxy) is 2. The highest BCUT2D eigenvalue weighted by Crippen LogP contribution is 2.36. The molecule has 2 saturated heterocycles. The lowest BCUT2D eigenvalue weighted by Gasteiger charge is -2.37. The predicted octanol–water partition coefficient (Wildman–Crippen LogP) is 4.31. The smallest absolute Gasteiger partial charge is 0.410 e. The second-order valence-electron chi connectivity index (χ2n) is 10.3. The highest BCUT2D eigenvalue weighted by atomic mass is 16.6. The van der Waals surface area contributed by atoms with E-state index < -0.39 is 5.60 Å². The van der Waals surface area contributed by atoms with Crippen LogP contribution in [0.5, 0.6) is 5.75 Å². The van der Waals surface area contributed by atoms with E-state index in [1.807, 2.05) is 25.7 Å². The lowest BCUT2D eigenvalue weighted by Crippen LogP contribution is -2.48. The molecule has 6 heteroatoms. The Morgan fingerprint density at radius 1 is 1.19 bits per heavy atom. The summed E-state index contributed by atoms with van der Waals surface area (Å²) < 4.78 is 10.9. The number of nitrogens with zero attached hydrogens (tertiary/aromatic N) is 2. The predicted molar refractivity (Wildman–Crippen MR) is 124 cm³/mol. The molecule has 0 saturated carbocycles. The van der Waals surface area contributed by atoms with Crippen LogP contribution in [0.3, 0.4) is 0 Å². The zero-order valence-electron chi connectivity index (χ0n) is 20.2. The van der Waals surface area contributed by atoms with Gasteiger partial charge in [-0.25, -0.2) is 4.79 Å². The Morgan fingerprint density at radius 3 is 2.55 bits per heavy atom. The number of carbonyl (C=O) groups excluding carboxylic acids is 1. The van der Waals surface area contributed by atoms with Crippen LogP contribution >= 0.6 is 0 Å². The van der Waals surface area contributed by atoms with Crippen LogP contribution < -0.4 is 10.1 Å². The molecule has 0 radical (unpaired) electrons. The molecule has 0 spiro atoms. The van der Waals surface area contributed by atoms with Crippen molar-refractivity contribution >= 4 is 6.09 Å². The van der Waals surface area contributed by atoms with Gasteiger partial charge in [-0.05, 0) is 90.1 Å². The van der Waals surface area contributed by atoms with Crippen molar-refractivity contribution in [1.29, 1.82) is 0 Å². The molecule has 0 aromatic heterocycles. The number of amides is 1. The average Bonchev–Trinajstić information content (AvgIpc) is 3.11. The van der Waals surface area contributed by atoms with Crippen LogP contribution in [0.15, 0.2) is 24.3 Å². The molecule has 2 aliphatic rings. The number of nitrogens with one attached hydrogen (secondary N) is 1. The second kappa shape index (κ2) is 10.2. The van der Waals surface area contributed by atoms with Crippen molar-refractivity contribution in [2.75, 3.05) is 40.3 Å². The Morgan fingerprint density at radius 2 is 1.90 bits per heavy atom. The summed E-state index contributed by atoms with van der Waals surface area (Å²) >= 11 is 0. The van der Waals surface area contributed by atoms with Crippen molar-refractivity contribution in [1.82, 2.24) is 15.1 Å². The quantitative estimate of drug-likeness (QED) is 0.727. The van der Waals surface area contributed by atoms with Gasteiger partial charge in [0.05, 0.1) is 7.11 Å². The van der Waals surface area contributed by atoms with Gasteiger partial charge in [0, 0.05) is 31.7 Å². The molecule has 3 rings (SSSR count). The standard InChI is InChI=1S/C25H41N3O3/c1-18(21-8-7-14-28(17-21)24(29)31-25(2,3)4)26-16-20-13-15-27(5)23(20)19-9-11-22(30-6)12-10-19/h9-12,18,20-21,23,26H,7-8,13-17H2,1-6H3. The molecule has 6 nitrogen and oxygen atoms in total. The van der Waals surface area contributed by atoms with Crippen molar-refractivity contribution in [3.63, 3.8) is 0 Å². The summed E-state index contributed by atoms with van der Waals surface area (Å²) in [5, 5.41) is 3.81. The normalized spacial score (nSPS) is 26.0. The molecular formula is C25H41N3O3. The first-order chi connectivity index (χ1) is 14.7. The van der Waals surface area contributed by atoms with Gasteiger partial charge in [-0.2, -0.15) is 0 Å². The fraction of sp³-hybridized carbons (Fsp3) is 0.720. The van der Waals surface area contributed by atoms with E-state index in [9.17, 15) is 4.79 Å². The summed E-state index contributed by atoms with van der Waals surface area (Å²) in [6, 6.07) is 9.30. The Kier molecular flexibility index (Phi) is 7.87. The monoisotopic (exact) mass is 431 g/mol. The number of benzene rings is 1. The van der Waals surface area contributed by atoms with Crippen LogP contribution in [0.1, 0.15) is 58.6 Å². The summed E-state index contributed by atoms with van der Waals surface area (Å²) in [5.74, 6) is 1.94. The van der Waals surface area contributed by atoms with E-state index in [2.05, 4.69) is 48.5 Å². The van der Waals surface area contributed by atoms with Crippen LogP contribution in [0.4, 0.5) is 4.79 Å². The first-order valence-corrected chi connectivity index (χ1v) is 11.7. The lowest BCUT2D eigenvalue weighted by atomic mass is 9.90. The average molecular weight is 432 g/mol. The van der Waals surface area contributed by atoms with Crippen molar-refractivity contribution < 1.29 is 14.3 Å².